The molecule has 0 aliphatic heterocycles. The minimum absolute atomic E-state index is 0.272. The van der Waals surface area contributed by atoms with Gasteiger partial charge in [0.2, 0.25) is 0 Å². The van der Waals surface area contributed by atoms with Gasteiger partial charge < -0.3 is 10.1 Å². The van der Waals surface area contributed by atoms with Crippen LogP contribution in [0.2, 0.25) is 0 Å². The van der Waals surface area contributed by atoms with E-state index in [0.717, 1.165) is 11.5 Å². The predicted octanol–water partition coefficient (Wildman–Crippen LogP) is 4.40. The van der Waals surface area contributed by atoms with Gasteiger partial charge in [-0.15, -0.1) is 0 Å². The second-order valence-electron chi connectivity index (χ2n) is 5.71. The maximum Gasteiger partial charge on any atom is 0.123 e. The Bertz CT molecular complexity index is 398. The van der Waals surface area contributed by atoms with Crippen LogP contribution in [-0.4, -0.2) is 18.4 Å². The standard InChI is InChI=1S/C16H27NOS/c1-7-18-15-9-8-13(12(2)17-6)10-14(15)11-19-16(3,4)5/h8-10,12,17H,7,11H2,1-6H3. The normalized spacial score (nSPS) is 13.4. The van der Waals surface area contributed by atoms with Crippen LogP contribution in [0.4, 0.5) is 0 Å². The molecule has 0 spiro atoms. The van der Waals surface area contributed by atoms with Gasteiger partial charge in [-0.3, -0.25) is 0 Å². The van der Waals surface area contributed by atoms with Crippen molar-refractivity contribution in [3.8, 4) is 5.75 Å². The van der Waals surface area contributed by atoms with Gasteiger partial charge in [-0.05, 0) is 38.6 Å². The summed E-state index contributed by atoms with van der Waals surface area (Å²) in [4.78, 5) is 0. The van der Waals surface area contributed by atoms with Crippen LogP contribution < -0.4 is 10.1 Å². The molecule has 1 aromatic rings. The average Bonchev–Trinajstić information content (AvgIpc) is 2.36. The lowest BCUT2D eigenvalue weighted by Gasteiger charge is -2.20. The fraction of sp³-hybridized carbons (Fsp3) is 0.625. The van der Waals surface area contributed by atoms with Gasteiger partial charge >= 0.3 is 0 Å². The number of nitrogens with one attached hydrogen (secondary N) is 1. The molecule has 0 saturated carbocycles. The molecule has 3 heteroatoms. The van der Waals surface area contributed by atoms with E-state index in [-0.39, 0.29) is 4.75 Å². The van der Waals surface area contributed by atoms with Gasteiger partial charge in [0.25, 0.3) is 0 Å². The maximum absolute atomic E-state index is 5.74. The SMILES string of the molecule is CCOc1ccc(C(C)NC)cc1CSC(C)(C)C. The van der Waals surface area contributed by atoms with Gasteiger partial charge in [0.15, 0.2) is 0 Å². The van der Waals surface area contributed by atoms with E-state index >= 15 is 0 Å². The average molecular weight is 281 g/mol. The highest BCUT2D eigenvalue weighted by molar-refractivity contribution is 7.99. The molecule has 0 aromatic heterocycles. The van der Waals surface area contributed by atoms with Crippen molar-refractivity contribution in [2.45, 2.75) is 51.2 Å². The summed E-state index contributed by atoms with van der Waals surface area (Å²) in [6.07, 6.45) is 0. The molecule has 1 aromatic carbocycles. The first-order valence-corrected chi connectivity index (χ1v) is 7.92. The number of hydrogen-bond donors (Lipinski definition) is 1. The molecule has 2 nitrogen and oxygen atoms in total. The molecule has 0 aliphatic carbocycles. The van der Waals surface area contributed by atoms with E-state index in [2.05, 4.69) is 51.2 Å². The van der Waals surface area contributed by atoms with E-state index in [9.17, 15) is 0 Å². The monoisotopic (exact) mass is 281 g/mol. The molecule has 0 saturated heterocycles. The van der Waals surface area contributed by atoms with Crippen LogP contribution >= 0.6 is 11.8 Å². The van der Waals surface area contributed by atoms with Crippen LogP contribution in [0.15, 0.2) is 18.2 Å². The van der Waals surface area contributed by atoms with Gasteiger partial charge in [0, 0.05) is 22.1 Å². The zero-order valence-electron chi connectivity index (χ0n) is 13.0. The van der Waals surface area contributed by atoms with E-state index in [1.165, 1.54) is 11.1 Å². The van der Waals surface area contributed by atoms with Crippen molar-refractivity contribution in [2.75, 3.05) is 13.7 Å². The maximum atomic E-state index is 5.74. The first kappa shape index (κ1) is 16.4. The van der Waals surface area contributed by atoms with Gasteiger partial charge in [-0.2, -0.15) is 11.8 Å². The molecule has 0 heterocycles. The Morgan fingerprint density at radius 2 is 2.00 bits per heavy atom. The van der Waals surface area contributed by atoms with E-state index < -0.39 is 0 Å². The van der Waals surface area contributed by atoms with Gasteiger partial charge in [-0.1, -0.05) is 26.8 Å². The van der Waals surface area contributed by atoms with Crippen molar-refractivity contribution in [1.82, 2.24) is 5.32 Å². The van der Waals surface area contributed by atoms with Crippen LogP contribution in [0, 0.1) is 0 Å². The van der Waals surface area contributed by atoms with E-state index in [1.54, 1.807) is 0 Å². The predicted molar refractivity (Wildman–Crippen MR) is 86.1 cm³/mol. The topological polar surface area (TPSA) is 21.3 Å². The Balaban J connectivity index is 2.94. The third-order valence-electron chi connectivity index (χ3n) is 2.98. The van der Waals surface area contributed by atoms with E-state index in [0.29, 0.717) is 12.6 Å². The Labute approximate surface area is 122 Å². The second-order valence-corrected chi connectivity index (χ2v) is 7.51. The van der Waals surface area contributed by atoms with Crippen molar-refractivity contribution < 1.29 is 4.74 Å². The molecule has 108 valence electrons. The summed E-state index contributed by atoms with van der Waals surface area (Å²) in [6.45, 7) is 11.7. The molecule has 1 unspecified atom stereocenters. The van der Waals surface area contributed by atoms with E-state index in [4.69, 9.17) is 4.74 Å². The first-order valence-electron chi connectivity index (χ1n) is 6.94. The lowest BCUT2D eigenvalue weighted by atomic mass is 10.1. The van der Waals surface area contributed by atoms with Crippen LogP contribution in [0.1, 0.15) is 51.8 Å². The fourth-order valence-electron chi connectivity index (χ4n) is 1.74. The number of rotatable bonds is 6. The largest absolute Gasteiger partial charge is 0.494 e. The summed E-state index contributed by atoms with van der Waals surface area (Å²) in [5.41, 5.74) is 2.61. The summed E-state index contributed by atoms with van der Waals surface area (Å²) in [7, 11) is 1.99. The molecule has 1 rings (SSSR count). The zero-order chi connectivity index (χ0) is 14.5. The lowest BCUT2D eigenvalue weighted by Crippen LogP contribution is -2.13. The molecule has 0 fully saturated rings. The molecule has 0 radical (unpaired) electrons. The van der Waals surface area contributed by atoms with Gasteiger partial charge in [0.1, 0.15) is 5.75 Å². The summed E-state index contributed by atoms with van der Waals surface area (Å²) >= 11 is 1.95. The van der Waals surface area contributed by atoms with Gasteiger partial charge in [-0.25, -0.2) is 0 Å². The van der Waals surface area contributed by atoms with Crippen molar-refractivity contribution in [3.05, 3.63) is 29.3 Å². The highest BCUT2D eigenvalue weighted by Crippen LogP contribution is 2.32. The Kier molecular flexibility index (Phi) is 6.21. The Hall–Kier alpha value is -0.670. The summed E-state index contributed by atoms with van der Waals surface area (Å²) in [5.74, 6) is 2.01. The number of thioether (sulfide) groups is 1. The lowest BCUT2D eigenvalue weighted by molar-refractivity contribution is 0.337. The molecule has 19 heavy (non-hydrogen) atoms. The van der Waals surface area contributed by atoms with Crippen molar-refractivity contribution >= 4 is 11.8 Å². The summed E-state index contributed by atoms with van der Waals surface area (Å²) in [5, 5.41) is 3.28. The van der Waals surface area contributed by atoms with Crippen molar-refractivity contribution in [3.63, 3.8) is 0 Å². The number of hydrogen-bond acceptors (Lipinski definition) is 3. The highest BCUT2D eigenvalue weighted by atomic mass is 32.2. The summed E-state index contributed by atoms with van der Waals surface area (Å²) in [6, 6.07) is 6.89. The first-order chi connectivity index (χ1) is 8.87. The molecule has 1 atom stereocenters. The van der Waals surface area contributed by atoms with Crippen molar-refractivity contribution in [1.29, 1.82) is 0 Å². The molecule has 0 bridgehead atoms. The van der Waals surface area contributed by atoms with E-state index in [1.807, 2.05) is 25.7 Å². The van der Waals surface area contributed by atoms with Crippen LogP contribution in [0.25, 0.3) is 0 Å². The molecule has 0 aliphatic rings. The minimum atomic E-state index is 0.272. The third kappa shape index (κ3) is 5.45. The molecule has 0 amide bonds. The third-order valence-corrected chi connectivity index (χ3v) is 4.30. The second kappa shape index (κ2) is 7.20. The zero-order valence-corrected chi connectivity index (χ0v) is 13.9. The fourth-order valence-corrected chi connectivity index (χ4v) is 2.55. The smallest absolute Gasteiger partial charge is 0.123 e. The Morgan fingerprint density at radius 3 is 2.53 bits per heavy atom. The minimum Gasteiger partial charge on any atom is -0.494 e. The van der Waals surface area contributed by atoms with Gasteiger partial charge in [0.05, 0.1) is 6.61 Å². The number of ether oxygens (including phenoxy) is 1. The van der Waals surface area contributed by atoms with Crippen molar-refractivity contribution in [2.24, 2.45) is 0 Å². The molecule has 1 N–H and O–H groups in total. The number of benzene rings is 1. The van der Waals surface area contributed by atoms with Crippen LogP contribution in [0.5, 0.6) is 5.75 Å². The van der Waals surface area contributed by atoms with Crippen LogP contribution in [0.3, 0.4) is 0 Å². The Morgan fingerprint density at radius 1 is 1.32 bits per heavy atom. The molecular weight excluding hydrogens is 254 g/mol. The van der Waals surface area contributed by atoms with Crippen LogP contribution in [-0.2, 0) is 5.75 Å². The molecular formula is C16H27NOS. The summed E-state index contributed by atoms with van der Waals surface area (Å²) < 4.78 is 6.01. The quantitative estimate of drug-likeness (QED) is 0.835. The highest BCUT2D eigenvalue weighted by Gasteiger charge is 2.14.